The zero-order valence-electron chi connectivity index (χ0n) is 18.5. The second kappa shape index (κ2) is 8.31. The Balaban J connectivity index is 1.27. The third kappa shape index (κ3) is 3.70. The smallest absolute Gasteiger partial charge is 0.262 e. The molecule has 4 heterocycles. The van der Waals surface area contributed by atoms with Gasteiger partial charge in [0, 0.05) is 25.2 Å². The van der Waals surface area contributed by atoms with Crippen LogP contribution in [-0.2, 0) is 9.59 Å². The van der Waals surface area contributed by atoms with Crippen LogP contribution >= 0.6 is 0 Å². The van der Waals surface area contributed by atoms with Crippen LogP contribution in [0.5, 0.6) is 0 Å². The molecular formula is C24H30N4O4. The first-order valence-corrected chi connectivity index (χ1v) is 11.7. The molecule has 4 aliphatic rings. The second-order valence-electron chi connectivity index (χ2n) is 9.64. The highest BCUT2D eigenvalue weighted by Crippen LogP contribution is 2.35. The maximum absolute atomic E-state index is 13.1. The van der Waals surface area contributed by atoms with Gasteiger partial charge in [-0.1, -0.05) is 0 Å². The number of nitrogens with one attached hydrogen (secondary N) is 1. The molecule has 5 rings (SSSR count). The van der Waals surface area contributed by atoms with Gasteiger partial charge in [0.25, 0.3) is 11.8 Å². The summed E-state index contributed by atoms with van der Waals surface area (Å²) in [5.74, 6) is -0.259. The summed E-state index contributed by atoms with van der Waals surface area (Å²) in [6.45, 7) is 4.29. The van der Waals surface area contributed by atoms with E-state index in [-0.39, 0.29) is 18.7 Å². The predicted octanol–water partition coefficient (Wildman–Crippen LogP) is 1.65. The van der Waals surface area contributed by atoms with Crippen molar-refractivity contribution in [2.75, 3.05) is 38.1 Å². The summed E-state index contributed by atoms with van der Waals surface area (Å²) < 4.78 is 0. The first-order chi connectivity index (χ1) is 15.4. The molecule has 4 aliphatic heterocycles. The minimum Gasteiger partial charge on any atom is -0.371 e. The SMILES string of the molecule is CN1CCC(C2CCN(c3ccc4c(c3)C(=O)N(C3CCC(=O)NC3=O)C4=O)CC2)CC1. The van der Waals surface area contributed by atoms with E-state index in [9.17, 15) is 19.2 Å². The number of hydrogen-bond donors (Lipinski definition) is 1. The lowest BCUT2D eigenvalue weighted by molar-refractivity contribution is -0.136. The maximum Gasteiger partial charge on any atom is 0.262 e. The number of likely N-dealkylation sites (tertiary alicyclic amines) is 1. The van der Waals surface area contributed by atoms with Gasteiger partial charge in [-0.2, -0.15) is 0 Å². The number of benzene rings is 1. The molecule has 1 unspecified atom stereocenters. The van der Waals surface area contributed by atoms with Crippen molar-refractivity contribution in [2.45, 2.75) is 44.6 Å². The standard InChI is InChI=1S/C24H30N4O4/c1-26-10-6-15(7-11-26)16-8-12-27(13-9-16)17-2-3-18-19(14-17)24(32)28(23(18)31)20-4-5-21(29)25-22(20)30/h2-3,14-16,20H,4-13H2,1H3,(H,25,29,30). The third-order valence-corrected chi connectivity index (χ3v) is 7.76. The summed E-state index contributed by atoms with van der Waals surface area (Å²) >= 11 is 0. The van der Waals surface area contributed by atoms with Crippen molar-refractivity contribution in [3.05, 3.63) is 29.3 Å². The molecule has 3 saturated heterocycles. The summed E-state index contributed by atoms with van der Waals surface area (Å²) in [4.78, 5) is 55.4. The predicted molar refractivity (Wildman–Crippen MR) is 118 cm³/mol. The van der Waals surface area contributed by atoms with Crippen LogP contribution in [0.2, 0.25) is 0 Å². The third-order valence-electron chi connectivity index (χ3n) is 7.76. The minimum atomic E-state index is -0.922. The number of piperidine rings is 3. The molecule has 0 saturated carbocycles. The highest BCUT2D eigenvalue weighted by Gasteiger charge is 2.44. The van der Waals surface area contributed by atoms with E-state index in [0.717, 1.165) is 48.4 Å². The van der Waals surface area contributed by atoms with Gasteiger partial charge in [0.15, 0.2) is 0 Å². The number of hydrogen-bond acceptors (Lipinski definition) is 6. The molecule has 0 spiro atoms. The lowest BCUT2D eigenvalue weighted by Gasteiger charge is -2.40. The molecule has 170 valence electrons. The van der Waals surface area contributed by atoms with Gasteiger partial charge < -0.3 is 9.80 Å². The van der Waals surface area contributed by atoms with Crippen LogP contribution in [0, 0.1) is 11.8 Å². The fraction of sp³-hybridized carbons (Fsp3) is 0.583. The molecule has 0 radical (unpaired) electrons. The van der Waals surface area contributed by atoms with Crippen LogP contribution in [0.1, 0.15) is 59.2 Å². The van der Waals surface area contributed by atoms with Crippen molar-refractivity contribution in [3.8, 4) is 0 Å². The van der Waals surface area contributed by atoms with E-state index >= 15 is 0 Å². The zero-order chi connectivity index (χ0) is 22.4. The number of carbonyl (C=O) groups excluding carboxylic acids is 4. The highest BCUT2D eigenvalue weighted by molar-refractivity contribution is 6.23. The largest absolute Gasteiger partial charge is 0.371 e. The molecule has 32 heavy (non-hydrogen) atoms. The normalized spacial score (nSPS) is 26.0. The molecule has 0 aromatic heterocycles. The Morgan fingerprint density at radius 3 is 2.09 bits per heavy atom. The van der Waals surface area contributed by atoms with E-state index < -0.39 is 23.8 Å². The fourth-order valence-corrected chi connectivity index (χ4v) is 5.78. The van der Waals surface area contributed by atoms with Gasteiger partial charge in [0.1, 0.15) is 6.04 Å². The van der Waals surface area contributed by atoms with E-state index in [2.05, 4.69) is 22.2 Å². The maximum atomic E-state index is 13.1. The number of imide groups is 2. The van der Waals surface area contributed by atoms with Crippen LogP contribution in [0.25, 0.3) is 0 Å². The summed E-state index contributed by atoms with van der Waals surface area (Å²) in [5, 5.41) is 2.24. The fourth-order valence-electron chi connectivity index (χ4n) is 5.78. The lowest BCUT2D eigenvalue weighted by Crippen LogP contribution is -2.54. The summed E-state index contributed by atoms with van der Waals surface area (Å²) in [7, 11) is 2.19. The Morgan fingerprint density at radius 2 is 1.44 bits per heavy atom. The first-order valence-electron chi connectivity index (χ1n) is 11.7. The average Bonchev–Trinajstić information content (AvgIpc) is 3.04. The average molecular weight is 439 g/mol. The first kappa shape index (κ1) is 21.1. The zero-order valence-corrected chi connectivity index (χ0v) is 18.5. The van der Waals surface area contributed by atoms with Crippen LogP contribution in [0.4, 0.5) is 5.69 Å². The van der Waals surface area contributed by atoms with Crippen molar-refractivity contribution in [2.24, 2.45) is 11.8 Å². The molecule has 1 atom stereocenters. The Labute approximate surface area is 187 Å². The van der Waals surface area contributed by atoms with Gasteiger partial charge in [-0.3, -0.25) is 29.4 Å². The second-order valence-corrected chi connectivity index (χ2v) is 9.64. The number of fused-ring (bicyclic) bond motifs is 1. The summed E-state index contributed by atoms with van der Waals surface area (Å²) in [6, 6.07) is 4.50. The van der Waals surface area contributed by atoms with Crippen LogP contribution < -0.4 is 10.2 Å². The van der Waals surface area contributed by atoms with E-state index in [4.69, 9.17) is 0 Å². The summed E-state index contributed by atoms with van der Waals surface area (Å²) in [6.07, 6.45) is 5.18. The molecule has 0 bridgehead atoms. The quantitative estimate of drug-likeness (QED) is 0.722. The van der Waals surface area contributed by atoms with Crippen LogP contribution in [-0.4, -0.2) is 72.7 Å². The number of rotatable bonds is 3. The number of carbonyl (C=O) groups is 4. The molecule has 0 aliphatic carbocycles. The number of anilines is 1. The highest BCUT2D eigenvalue weighted by atomic mass is 16.2. The van der Waals surface area contributed by atoms with Gasteiger partial charge in [0.2, 0.25) is 11.8 Å². The number of amides is 4. The monoisotopic (exact) mass is 438 g/mol. The van der Waals surface area contributed by atoms with E-state index in [1.807, 2.05) is 6.07 Å². The van der Waals surface area contributed by atoms with Gasteiger partial charge in [0.05, 0.1) is 11.1 Å². The van der Waals surface area contributed by atoms with Gasteiger partial charge >= 0.3 is 0 Å². The van der Waals surface area contributed by atoms with E-state index in [1.54, 1.807) is 12.1 Å². The number of nitrogens with zero attached hydrogens (tertiary/aromatic N) is 3. The Bertz CT molecular complexity index is 961. The van der Waals surface area contributed by atoms with Crippen molar-refractivity contribution >= 4 is 29.3 Å². The van der Waals surface area contributed by atoms with Gasteiger partial charge in [-0.15, -0.1) is 0 Å². The van der Waals surface area contributed by atoms with Crippen LogP contribution in [0.3, 0.4) is 0 Å². The van der Waals surface area contributed by atoms with Gasteiger partial charge in [-0.25, -0.2) is 0 Å². The topological polar surface area (TPSA) is 90.0 Å². The molecule has 8 heteroatoms. The Morgan fingerprint density at radius 1 is 0.812 bits per heavy atom. The lowest BCUT2D eigenvalue weighted by atomic mass is 9.79. The molecule has 1 N–H and O–H groups in total. The molecule has 1 aromatic rings. The van der Waals surface area contributed by atoms with E-state index in [0.29, 0.717) is 11.1 Å². The molecule has 8 nitrogen and oxygen atoms in total. The van der Waals surface area contributed by atoms with Crippen molar-refractivity contribution < 1.29 is 19.2 Å². The molecule has 3 fully saturated rings. The van der Waals surface area contributed by atoms with Crippen molar-refractivity contribution in [3.63, 3.8) is 0 Å². The minimum absolute atomic E-state index is 0.126. The van der Waals surface area contributed by atoms with Gasteiger partial charge in [-0.05, 0) is 82.3 Å². The van der Waals surface area contributed by atoms with Crippen molar-refractivity contribution in [1.82, 2.24) is 15.1 Å². The molecule has 1 aromatic carbocycles. The van der Waals surface area contributed by atoms with Crippen molar-refractivity contribution in [1.29, 1.82) is 0 Å². The molecule has 4 amide bonds. The Hall–Kier alpha value is -2.74. The summed E-state index contributed by atoms with van der Waals surface area (Å²) in [5.41, 5.74) is 1.65. The van der Waals surface area contributed by atoms with Crippen LogP contribution in [0.15, 0.2) is 18.2 Å². The molecular weight excluding hydrogens is 408 g/mol. The van der Waals surface area contributed by atoms with E-state index in [1.165, 1.54) is 25.9 Å². The Kier molecular flexibility index (Phi) is 5.49.